The second kappa shape index (κ2) is 11.0. The van der Waals surface area contributed by atoms with Crippen molar-refractivity contribution in [1.82, 2.24) is 4.31 Å². The number of hydrogen-bond acceptors (Lipinski definition) is 6. The Hall–Kier alpha value is -2.96. The molecule has 1 fully saturated rings. The number of halogens is 1. The SMILES string of the molecule is COc1ccc(CCN(C2CC(=O)N(c3ccc(I)cc3)C2=O)S(=O)(=O)c2ccccc2)cc1OC. The molecule has 8 nitrogen and oxygen atoms in total. The highest BCUT2D eigenvalue weighted by molar-refractivity contribution is 14.1. The Morgan fingerprint density at radius 1 is 0.944 bits per heavy atom. The van der Waals surface area contributed by atoms with Gasteiger partial charge in [-0.2, -0.15) is 4.31 Å². The average molecular weight is 620 g/mol. The Balaban J connectivity index is 1.68. The molecular formula is C26H25IN2O6S. The Labute approximate surface area is 224 Å². The van der Waals surface area contributed by atoms with Crippen LogP contribution in [0.4, 0.5) is 5.69 Å². The Morgan fingerprint density at radius 3 is 2.25 bits per heavy atom. The first-order valence-corrected chi connectivity index (χ1v) is 13.7. The molecule has 10 heteroatoms. The van der Waals surface area contributed by atoms with Gasteiger partial charge in [-0.05, 0) is 83.1 Å². The van der Waals surface area contributed by atoms with E-state index in [1.807, 2.05) is 6.07 Å². The van der Waals surface area contributed by atoms with Crippen molar-refractivity contribution in [3.63, 3.8) is 0 Å². The zero-order valence-electron chi connectivity index (χ0n) is 19.8. The summed E-state index contributed by atoms with van der Waals surface area (Å²) in [6.07, 6.45) is 0.0662. The molecule has 1 aliphatic heterocycles. The van der Waals surface area contributed by atoms with Gasteiger partial charge in [-0.25, -0.2) is 13.3 Å². The van der Waals surface area contributed by atoms with E-state index in [2.05, 4.69) is 22.6 Å². The molecule has 1 aliphatic rings. The summed E-state index contributed by atoms with van der Waals surface area (Å²) in [4.78, 5) is 27.5. The fourth-order valence-corrected chi connectivity index (χ4v) is 6.11. The molecule has 1 atom stereocenters. The third kappa shape index (κ3) is 5.25. The van der Waals surface area contributed by atoms with Crippen molar-refractivity contribution in [3.05, 3.63) is 81.9 Å². The molecule has 1 saturated heterocycles. The molecule has 1 heterocycles. The number of ether oxygens (including phenoxy) is 2. The van der Waals surface area contributed by atoms with Gasteiger partial charge in [-0.1, -0.05) is 24.3 Å². The number of carbonyl (C=O) groups is 2. The third-order valence-corrected chi connectivity index (χ3v) is 8.62. The minimum absolute atomic E-state index is 0.00305. The number of hydrogen-bond donors (Lipinski definition) is 0. The molecule has 36 heavy (non-hydrogen) atoms. The predicted molar refractivity (Wildman–Crippen MR) is 144 cm³/mol. The van der Waals surface area contributed by atoms with Crippen LogP contribution >= 0.6 is 22.6 Å². The summed E-state index contributed by atoms with van der Waals surface area (Å²) in [7, 11) is -1.02. The molecule has 0 radical (unpaired) electrons. The zero-order valence-corrected chi connectivity index (χ0v) is 22.7. The molecule has 3 aromatic rings. The van der Waals surface area contributed by atoms with E-state index in [0.29, 0.717) is 23.6 Å². The molecule has 0 aliphatic carbocycles. The lowest BCUT2D eigenvalue weighted by molar-refractivity contribution is -0.122. The number of imide groups is 1. The maximum atomic E-state index is 13.7. The van der Waals surface area contributed by atoms with E-state index in [0.717, 1.165) is 18.3 Å². The number of anilines is 1. The van der Waals surface area contributed by atoms with Gasteiger partial charge >= 0.3 is 0 Å². The van der Waals surface area contributed by atoms with Crippen molar-refractivity contribution in [2.75, 3.05) is 25.7 Å². The lowest BCUT2D eigenvalue weighted by atomic mass is 10.1. The highest BCUT2D eigenvalue weighted by atomic mass is 127. The number of amides is 2. The van der Waals surface area contributed by atoms with Crippen molar-refractivity contribution in [3.8, 4) is 11.5 Å². The molecule has 2 amide bonds. The van der Waals surface area contributed by atoms with Crippen LogP contribution in [0.15, 0.2) is 77.7 Å². The average Bonchev–Trinajstić information content (AvgIpc) is 3.18. The lowest BCUT2D eigenvalue weighted by Crippen LogP contribution is -2.46. The molecule has 188 valence electrons. The first-order valence-electron chi connectivity index (χ1n) is 11.2. The minimum atomic E-state index is -4.08. The highest BCUT2D eigenvalue weighted by Crippen LogP contribution is 2.31. The summed E-state index contributed by atoms with van der Waals surface area (Å²) in [5.74, 6) is 0.0721. The summed E-state index contributed by atoms with van der Waals surface area (Å²) >= 11 is 2.13. The topological polar surface area (TPSA) is 93.2 Å². The largest absolute Gasteiger partial charge is 0.493 e. The van der Waals surface area contributed by atoms with Gasteiger partial charge in [0, 0.05) is 10.1 Å². The van der Waals surface area contributed by atoms with Gasteiger partial charge in [0.05, 0.1) is 31.2 Å². The number of sulfonamides is 1. The smallest absolute Gasteiger partial charge is 0.252 e. The molecule has 0 spiro atoms. The van der Waals surface area contributed by atoms with Gasteiger partial charge in [0.25, 0.3) is 5.91 Å². The number of carbonyl (C=O) groups excluding carboxylic acids is 2. The lowest BCUT2D eigenvalue weighted by Gasteiger charge is -2.27. The summed E-state index contributed by atoms with van der Waals surface area (Å²) < 4.78 is 40.1. The monoisotopic (exact) mass is 620 g/mol. The number of methoxy groups -OCH3 is 2. The van der Waals surface area contributed by atoms with E-state index in [4.69, 9.17) is 9.47 Å². The summed E-state index contributed by atoms with van der Waals surface area (Å²) in [5.41, 5.74) is 1.22. The van der Waals surface area contributed by atoms with Crippen LogP contribution in [0, 0.1) is 3.57 Å². The Kier molecular flexibility index (Phi) is 7.96. The van der Waals surface area contributed by atoms with Crippen LogP contribution in [0.3, 0.4) is 0 Å². The van der Waals surface area contributed by atoms with Crippen LogP contribution in [-0.2, 0) is 26.0 Å². The molecule has 4 rings (SSSR count). The first kappa shape index (κ1) is 26.1. The van der Waals surface area contributed by atoms with Crippen molar-refractivity contribution >= 4 is 50.1 Å². The quantitative estimate of drug-likeness (QED) is 0.267. The van der Waals surface area contributed by atoms with Gasteiger partial charge in [0.2, 0.25) is 15.9 Å². The Morgan fingerprint density at radius 2 is 1.61 bits per heavy atom. The standard InChI is InChI=1S/C26H25IN2O6S/c1-34-23-13-8-18(16-24(23)35-2)14-15-28(36(32,33)21-6-4-3-5-7-21)22-17-25(30)29(26(22)31)20-11-9-19(27)10-12-20/h3-13,16,22H,14-15,17H2,1-2H3. The second-order valence-electron chi connectivity index (χ2n) is 8.13. The molecule has 1 unspecified atom stereocenters. The molecule has 0 saturated carbocycles. The maximum absolute atomic E-state index is 13.7. The summed E-state index contributed by atoms with van der Waals surface area (Å²) in [5, 5.41) is 0. The molecule has 3 aromatic carbocycles. The highest BCUT2D eigenvalue weighted by Gasteiger charge is 2.46. The fraction of sp³-hybridized carbons (Fsp3) is 0.231. The van der Waals surface area contributed by atoms with Crippen molar-refractivity contribution in [2.24, 2.45) is 0 Å². The van der Waals surface area contributed by atoms with E-state index >= 15 is 0 Å². The first-order chi connectivity index (χ1) is 17.3. The zero-order chi connectivity index (χ0) is 25.9. The van der Waals surface area contributed by atoms with Crippen LogP contribution in [0.1, 0.15) is 12.0 Å². The minimum Gasteiger partial charge on any atom is -0.493 e. The van der Waals surface area contributed by atoms with Crippen LogP contribution in [-0.4, -0.2) is 51.3 Å². The van der Waals surface area contributed by atoms with Crippen LogP contribution in [0.2, 0.25) is 0 Å². The van der Waals surface area contributed by atoms with E-state index in [-0.39, 0.29) is 17.9 Å². The van der Waals surface area contributed by atoms with Gasteiger partial charge in [-0.15, -0.1) is 0 Å². The molecule has 0 N–H and O–H groups in total. The van der Waals surface area contributed by atoms with Crippen molar-refractivity contribution < 1.29 is 27.5 Å². The van der Waals surface area contributed by atoms with Crippen molar-refractivity contribution in [1.29, 1.82) is 0 Å². The molecule has 0 aromatic heterocycles. The van der Waals surface area contributed by atoms with Crippen LogP contribution in [0.25, 0.3) is 0 Å². The normalized spacial score (nSPS) is 16.0. The molecular weight excluding hydrogens is 595 g/mol. The van der Waals surface area contributed by atoms with Gasteiger partial charge < -0.3 is 9.47 Å². The van der Waals surface area contributed by atoms with Crippen LogP contribution in [0.5, 0.6) is 11.5 Å². The predicted octanol–water partition coefficient (Wildman–Crippen LogP) is 3.87. The van der Waals surface area contributed by atoms with Crippen LogP contribution < -0.4 is 14.4 Å². The second-order valence-corrected chi connectivity index (χ2v) is 11.3. The molecule has 0 bridgehead atoms. The third-order valence-electron chi connectivity index (χ3n) is 5.97. The maximum Gasteiger partial charge on any atom is 0.252 e. The van der Waals surface area contributed by atoms with E-state index in [9.17, 15) is 18.0 Å². The van der Waals surface area contributed by atoms with E-state index in [1.54, 1.807) is 54.6 Å². The summed E-state index contributed by atoms with van der Waals surface area (Å²) in [6.45, 7) is -0.00305. The Bertz CT molecular complexity index is 1360. The van der Waals surface area contributed by atoms with Gasteiger partial charge in [-0.3, -0.25) is 9.59 Å². The van der Waals surface area contributed by atoms with E-state index < -0.39 is 27.9 Å². The van der Waals surface area contributed by atoms with Gasteiger partial charge in [0.1, 0.15) is 6.04 Å². The number of nitrogens with zero attached hydrogens (tertiary/aromatic N) is 2. The van der Waals surface area contributed by atoms with Gasteiger partial charge in [0.15, 0.2) is 11.5 Å². The van der Waals surface area contributed by atoms with E-state index in [1.165, 1.54) is 26.4 Å². The van der Waals surface area contributed by atoms with Crippen molar-refractivity contribution in [2.45, 2.75) is 23.8 Å². The fourth-order valence-electron chi connectivity index (χ4n) is 4.15. The number of rotatable bonds is 9. The number of benzene rings is 3. The summed E-state index contributed by atoms with van der Waals surface area (Å²) in [6, 6.07) is 19.0.